The lowest BCUT2D eigenvalue weighted by molar-refractivity contribution is 0.337. The zero-order valence-corrected chi connectivity index (χ0v) is 10.7. The van der Waals surface area contributed by atoms with Crippen LogP contribution in [0.1, 0.15) is 19.4 Å². The zero-order valence-electron chi connectivity index (χ0n) is 10.7. The molecule has 2 aromatic rings. The number of rotatable bonds is 4. The second kappa shape index (κ2) is 5.45. The Labute approximate surface area is 107 Å². The molecule has 0 spiro atoms. The van der Waals surface area contributed by atoms with Crippen molar-refractivity contribution in [1.82, 2.24) is 9.97 Å². The molecule has 1 aromatic heterocycles. The minimum Gasteiger partial charge on any atom is -0.491 e. The Morgan fingerprint density at radius 3 is 2.50 bits per heavy atom. The molecule has 0 unspecified atom stereocenters. The standard InChI is InChI=1S/C15H16N2O/c1-4-18-12-9-16-15(17-10-12)14-8-6-5-7-13(14)11(2)3/h5-10H,2,4H2,1,3H3. The van der Waals surface area contributed by atoms with Gasteiger partial charge in [-0.05, 0) is 19.4 Å². The van der Waals surface area contributed by atoms with Crippen molar-refractivity contribution in [2.45, 2.75) is 13.8 Å². The number of aromatic nitrogens is 2. The number of ether oxygens (including phenoxy) is 1. The Kier molecular flexibility index (Phi) is 3.72. The minimum atomic E-state index is 0.616. The van der Waals surface area contributed by atoms with Crippen LogP contribution >= 0.6 is 0 Å². The van der Waals surface area contributed by atoms with Crippen LogP contribution < -0.4 is 4.74 Å². The first-order valence-corrected chi connectivity index (χ1v) is 5.92. The highest BCUT2D eigenvalue weighted by molar-refractivity contribution is 5.76. The summed E-state index contributed by atoms with van der Waals surface area (Å²) in [5, 5.41) is 0. The topological polar surface area (TPSA) is 35.0 Å². The number of hydrogen-bond donors (Lipinski definition) is 0. The highest BCUT2D eigenvalue weighted by atomic mass is 16.5. The molecule has 0 fully saturated rings. The van der Waals surface area contributed by atoms with Gasteiger partial charge in [0.2, 0.25) is 0 Å². The van der Waals surface area contributed by atoms with Crippen molar-refractivity contribution in [3.63, 3.8) is 0 Å². The molecular formula is C15H16N2O. The van der Waals surface area contributed by atoms with Crippen LogP contribution in [0.15, 0.2) is 43.2 Å². The Bertz CT molecular complexity index is 547. The van der Waals surface area contributed by atoms with Crippen molar-refractivity contribution in [2.24, 2.45) is 0 Å². The van der Waals surface area contributed by atoms with E-state index in [1.165, 1.54) is 0 Å². The average molecular weight is 240 g/mol. The fraction of sp³-hybridized carbons (Fsp3) is 0.200. The van der Waals surface area contributed by atoms with Crippen LogP contribution in [0.3, 0.4) is 0 Å². The van der Waals surface area contributed by atoms with Gasteiger partial charge in [0.1, 0.15) is 0 Å². The van der Waals surface area contributed by atoms with Crippen molar-refractivity contribution in [3.8, 4) is 17.1 Å². The Hall–Kier alpha value is -2.16. The van der Waals surface area contributed by atoms with Gasteiger partial charge in [-0.25, -0.2) is 9.97 Å². The predicted molar refractivity (Wildman–Crippen MR) is 73.3 cm³/mol. The lowest BCUT2D eigenvalue weighted by atomic mass is 10.0. The number of hydrogen-bond acceptors (Lipinski definition) is 3. The maximum atomic E-state index is 5.33. The molecule has 0 bridgehead atoms. The van der Waals surface area contributed by atoms with Crippen LogP contribution in [0.25, 0.3) is 17.0 Å². The van der Waals surface area contributed by atoms with Crippen molar-refractivity contribution < 1.29 is 4.74 Å². The van der Waals surface area contributed by atoms with E-state index in [-0.39, 0.29) is 0 Å². The zero-order chi connectivity index (χ0) is 13.0. The molecule has 3 heteroatoms. The highest BCUT2D eigenvalue weighted by Crippen LogP contribution is 2.25. The molecule has 0 saturated heterocycles. The molecule has 0 aliphatic rings. The molecule has 18 heavy (non-hydrogen) atoms. The molecule has 0 aliphatic heterocycles. The first kappa shape index (κ1) is 12.3. The SMILES string of the molecule is C=C(C)c1ccccc1-c1ncc(OCC)cn1. The monoisotopic (exact) mass is 240 g/mol. The molecule has 0 atom stereocenters. The quantitative estimate of drug-likeness (QED) is 0.819. The summed E-state index contributed by atoms with van der Waals surface area (Å²) in [6, 6.07) is 7.99. The fourth-order valence-corrected chi connectivity index (χ4v) is 1.75. The van der Waals surface area contributed by atoms with Gasteiger partial charge in [-0.2, -0.15) is 0 Å². The lowest BCUT2D eigenvalue weighted by Crippen LogP contribution is -1.96. The van der Waals surface area contributed by atoms with E-state index in [1.54, 1.807) is 12.4 Å². The van der Waals surface area contributed by atoms with E-state index in [9.17, 15) is 0 Å². The van der Waals surface area contributed by atoms with Gasteiger partial charge in [-0.3, -0.25) is 0 Å². The minimum absolute atomic E-state index is 0.616. The summed E-state index contributed by atoms with van der Waals surface area (Å²) in [6.07, 6.45) is 3.39. The largest absolute Gasteiger partial charge is 0.491 e. The van der Waals surface area contributed by atoms with Crippen LogP contribution in [-0.2, 0) is 0 Å². The van der Waals surface area contributed by atoms with E-state index < -0.39 is 0 Å². The van der Waals surface area contributed by atoms with Crippen molar-refractivity contribution in [2.75, 3.05) is 6.61 Å². The molecule has 0 amide bonds. The Morgan fingerprint density at radius 1 is 1.22 bits per heavy atom. The van der Waals surface area contributed by atoms with Gasteiger partial charge in [0, 0.05) is 5.56 Å². The van der Waals surface area contributed by atoms with Crippen molar-refractivity contribution in [3.05, 3.63) is 48.8 Å². The van der Waals surface area contributed by atoms with Gasteiger partial charge in [0.25, 0.3) is 0 Å². The summed E-state index contributed by atoms with van der Waals surface area (Å²) in [4.78, 5) is 8.67. The van der Waals surface area contributed by atoms with E-state index in [0.717, 1.165) is 16.7 Å². The summed E-state index contributed by atoms with van der Waals surface area (Å²) >= 11 is 0. The molecule has 1 heterocycles. The molecule has 0 N–H and O–H groups in total. The molecule has 92 valence electrons. The van der Waals surface area contributed by atoms with Crippen molar-refractivity contribution in [1.29, 1.82) is 0 Å². The summed E-state index contributed by atoms with van der Waals surface area (Å²) in [5.74, 6) is 1.38. The average Bonchev–Trinajstić information content (AvgIpc) is 2.40. The highest BCUT2D eigenvalue weighted by Gasteiger charge is 2.07. The Morgan fingerprint density at radius 2 is 1.89 bits per heavy atom. The summed E-state index contributed by atoms with van der Waals surface area (Å²) in [7, 11) is 0. The maximum absolute atomic E-state index is 5.33. The second-order valence-electron chi connectivity index (χ2n) is 4.00. The molecule has 3 nitrogen and oxygen atoms in total. The van der Waals surface area contributed by atoms with E-state index >= 15 is 0 Å². The molecule has 1 aromatic carbocycles. The van der Waals surface area contributed by atoms with Crippen LogP contribution in [-0.4, -0.2) is 16.6 Å². The molecule has 0 saturated carbocycles. The summed E-state index contributed by atoms with van der Waals surface area (Å²) in [5.41, 5.74) is 3.07. The molecule has 0 radical (unpaired) electrons. The molecule has 0 aliphatic carbocycles. The fourth-order valence-electron chi connectivity index (χ4n) is 1.75. The van der Waals surface area contributed by atoms with E-state index in [1.807, 2.05) is 38.1 Å². The summed E-state index contributed by atoms with van der Waals surface area (Å²) in [6.45, 7) is 8.51. The lowest BCUT2D eigenvalue weighted by Gasteiger charge is -2.08. The van der Waals surface area contributed by atoms with Crippen LogP contribution in [0.5, 0.6) is 5.75 Å². The number of allylic oxidation sites excluding steroid dienone is 1. The summed E-state index contributed by atoms with van der Waals surface area (Å²) < 4.78 is 5.33. The third kappa shape index (κ3) is 2.56. The Balaban J connectivity index is 2.39. The van der Waals surface area contributed by atoms with Crippen LogP contribution in [0, 0.1) is 0 Å². The van der Waals surface area contributed by atoms with E-state index in [2.05, 4.69) is 16.5 Å². The smallest absolute Gasteiger partial charge is 0.159 e. The normalized spacial score (nSPS) is 10.1. The number of nitrogens with zero attached hydrogens (tertiary/aromatic N) is 2. The van der Waals surface area contributed by atoms with Crippen molar-refractivity contribution >= 4 is 5.57 Å². The van der Waals surface area contributed by atoms with Crippen LogP contribution in [0.4, 0.5) is 0 Å². The first-order valence-electron chi connectivity index (χ1n) is 5.92. The van der Waals surface area contributed by atoms with E-state index in [4.69, 9.17) is 4.74 Å². The van der Waals surface area contributed by atoms with Gasteiger partial charge in [0.05, 0.1) is 19.0 Å². The van der Waals surface area contributed by atoms with Gasteiger partial charge >= 0.3 is 0 Å². The van der Waals surface area contributed by atoms with Gasteiger partial charge < -0.3 is 4.74 Å². The second-order valence-corrected chi connectivity index (χ2v) is 4.00. The third-order valence-corrected chi connectivity index (χ3v) is 2.57. The third-order valence-electron chi connectivity index (χ3n) is 2.57. The van der Waals surface area contributed by atoms with Crippen LogP contribution in [0.2, 0.25) is 0 Å². The van der Waals surface area contributed by atoms with Gasteiger partial charge in [0.15, 0.2) is 11.6 Å². The van der Waals surface area contributed by atoms with Gasteiger partial charge in [-0.1, -0.05) is 36.4 Å². The molecular weight excluding hydrogens is 224 g/mol. The molecule has 2 rings (SSSR count). The van der Waals surface area contributed by atoms with E-state index in [0.29, 0.717) is 18.2 Å². The maximum Gasteiger partial charge on any atom is 0.159 e. The van der Waals surface area contributed by atoms with Gasteiger partial charge in [-0.15, -0.1) is 0 Å². The first-order chi connectivity index (χ1) is 8.72. The number of benzene rings is 1. The predicted octanol–water partition coefficient (Wildman–Crippen LogP) is 3.58.